The molecule has 0 aliphatic carbocycles. The van der Waals surface area contributed by atoms with E-state index in [4.69, 9.17) is 4.74 Å². The van der Waals surface area contributed by atoms with Gasteiger partial charge in [-0.15, -0.1) is 0 Å². The third-order valence-corrected chi connectivity index (χ3v) is 4.43. The standard InChI is InChI=1S/C19H11FN2O5/c1-21-9-14(13-8-11(20)4-7-15(13)21)17-16(18(23)27-19(17)24)10-2-5-12(6-3-10)22(25)26/h2-9H,1H3. The number of halogens is 1. The van der Waals surface area contributed by atoms with Crippen molar-refractivity contribution in [3.05, 3.63) is 75.7 Å². The summed E-state index contributed by atoms with van der Waals surface area (Å²) in [6.45, 7) is 0. The fourth-order valence-electron chi connectivity index (χ4n) is 3.21. The molecule has 1 aliphatic heterocycles. The van der Waals surface area contributed by atoms with Gasteiger partial charge in [-0.25, -0.2) is 14.0 Å². The van der Waals surface area contributed by atoms with Crippen molar-refractivity contribution < 1.29 is 23.6 Å². The number of hydrogen-bond acceptors (Lipinski definition) is 5. The molecule has 8 heteroatoms. The van der Waals surface area contributed by atoms with E-state index in [1.165, 1.54) is 36.4 Å². The second-order valence-electron chi connectivity index (χ2n) is 6.05. The minimum absolute atomic E-state index is 0.00468. The number of nitrogens with zero attached hydrogens (tertiary/aromatic N) is 2. The van der Waals surface area contributed by atoms with Gasteiger partial charge in [-0.2, -0.15) is 0 Å². The van der Waals surface area contributed by atoms with E-state index in [2.05, 4.69) is 0 Å². The zero-order chi connectivity index (χ0) is 19.3. The number of esters is 2. The highest BCUT2D eigenvalue weighted by Gasteiger charge is 2.36. The van der Waals surface area contributed by atoms with E-state index in [1.807, 2.05) is 0 Å². The Morgan fingerprint density at radius 3 is 2.37 bits per heavy atom. The highest BCUT2D eigenvalue weighted by molar-refractivity contribution is 6.45. The van der Waals surface area contributed by atoms with Crippen molar-refractivity contribution in [2.24, 2.45) is 7.05 Å². The van der Waals surface area contributed by atoms with Crippen LogP contribution in [0.25, 0.3) is 22.0 Å². The first-order valence-electron chi connectivity index (χ1n) is 7.87. The van der Waals surface area contributed by atoms with Crippen molar-refractivity contribution in [3.63, 3.8) is 0 Å². The van der Waals surface area contributed by atoms with Gasteiger partial charge in [0.1, 0.15) is 5.82 Å². The van der Waals surface area contributed by atoms with Crippen LogP contribution in [0.4, 0.5) is 10.1 Å². The highest BCUT2D eigenvalue weighted by atomic mass is 19.1. The van der Waals surface area contributed by atoms with Crippen molar-refractivity contribution in [1.29, 1.82) is 0 Å². The molecule has 0 atom stereocenters. The molecule has 1 aliphatic rings. The number of rotatable bonds is 3. The average Bonchev–Trinajstić information content (AvgIpc) is 3.10. The van der Waals surface area contributed by atoms with Gasteiger partial charge in [0.15, 0.2) is 0 Å². The molecule has 2 heterocycles. The Morgan fingerprint density at radius 2 is 1.70 bits per heavy atom. The molecule has 0 N–H and O–H groups in total. The minimum Gasteiger partial charge on any atom is -0.386 e. The van der Waals surface area contributed by atoms with Gasteiger partial charge in [-0.1, -0.05) is 0 Å². The van der Waals surface area contributed by atoms with Crippen LogP contribution in [0.15, 0.2) is 48.7 Å². The summed E-state index contributed by atoms with van der Waals surface area (Å²) in [6.07, 6.45) is 1.62. The molecule has 1 aromatic heterocycles. The second kappa shape index (κ2) is 5.87. The zero-order valence-corrected chi connectivity index (χ0v) is 13.9. The van der Waals surface area contributed by atoms with Gasteiger partial charge in [-0.05, 0) is 35.9 Å². The molecule has 4 rings (SSSR count). The number of benzene rings is 2. The van der Waals surface area contributed by atoms with E-state index in [0.29, 0.717) is 22.0 Å². The van der Waals surface area contributed by atoms with Crippen LogP contribution >= 0.6 is 0 Å². The van der Waals surface area contributed by atoms with E-state index in [9.17, 15) is 24.1 Å². The van der Waals surface area contributed by atoms with Crippen LogP contribution in [-0.2, 0) is 21.4 Å². The number of fused-ring (bicyclic) bond motifs is 1. The van der Waals surface area contributed by atoms with E-state index >= 15 is 0 Å². The number of cyclic esters (lactones) is 2. The number of non-ortho nitro benzene ring substituents is 1. The first-order chi connectivity index (χ1) is 12.9. The molecule has 2 aromatic carbocycles. The summed E-state index contributed by atoms with van der Waals surface area (Å²) < 4.78 is 20.2. The second-order valence-corrected chi connectivity index (χ2v) is 6.05. The Kier molecular flexibility index (Phi) is 3.62. The molecule has 3 aromatic rings. The molecule has 0 amide bonds. The lowest BCUT2D eigenvalue weighted by Gasteiger charge is -2.02. The number of nitro groups is 1. The minimum atomic E-state index is -0.850. The van der Waals surface area contributed by atoms with Gasteiger partial charge in [0.25, 0.3) is 5.69 Å². The smallest absolute Gasteiger partial charge is 0.347 e. The van der Waals surface area contributed by atoms with E-state index in [-0.39, 0.29) is 16.8 Å². The van der Waals surface area contributed by atoms with Crippen LogP contribution < -0.4 is 0 Å². The van der Waals surface area contributed by atoms with Crippen LogP contribution in [0.5, 0.6) is 0 Å². The number of carbonyl (C=O) groups excluding carboxylic acids is 2. The summed E-state index contributed by atoms with van der Waals surface area (Å²) in [5.74, 6) is -2.17. The molecule has 0 unspecified atom stereocenters. The van der Waals surface area contributed by atoms with Crippen LogP contribution in [0.2, 0.25) is 0 Å². The molecule has 0 fully saturated rings. The lowest BCUT2D eigenvalue weighted by Crippen LogP contribution is -2.02. The average molecular weight is 366 g/mol. The zero-order valence-electron chi connectivity index (χ0n) is 13.9. The Hall–Kier alpha value is -3.81. The third kappa shape index (κ3) is 2.58. The molecule has 7 nitrogen and oxygen atoms in total. The molecule has 0 radical (unpaired) electrons. The number of nitro benzene ring substituents is 1. The molecule has 0 saturated heterocycles. The van der Waals surface area contributed by atoms with Crippen LogP contribution in [0, 0.1) is 15.9 Å². The van der Waals surface area contributed by atoms with Crippen molar-refractivity contribution in [2.75, 3.05) is 0 Å². The summed E-state index contributed by atoms with van der Waals surface area (Å²) in [6, 6.07) is 9.37. The maximum absolute atomic E-state index is 13.8. The van der Waals surface area contributed by atoms with E-state index in [1.54, 1.807) is 23.9 Å². The van der Waals surface area contributed by atoms with E-state index < -0.39 is 22.7 Å². The Labute approximate surface area is 151 Å². The van der Waals surface area contributed by atoms with Gasteiger partial charge < -0.3 is 9.30 Å². The van der Waals surface area contributed by atoms with Gasteiger partial charge >= 0.3 is 11.9 Å². The predicted octanol–water partition coefficient (Wildman–Crippen LogP) is 3.22. The number of hydrogen-bond donors (Lipinski definition) is 0. The third-order valence-electron chi connectivity index (χ3n) is 4.43. The molecule has 27 heavy (non-hydrogen) atoms. The Morgan fingerprint density at radius 1 is 1.04 bits per heavy atom. The number of ether oxygens (including phenoxy) is 1. The Bertz CT molecular complexity index is 1170. The van der Waals surface area contributed by atoms with Crippen molar-refractivity contribution in [3.8, 4) is 0 Å². The van der Waals surface area contributed by atoms with E-state index in [0.717, 1.165) is 0 Å². The molecular formula is C19H11FN2O5. The normalized spacial score (nSPS) is 14.1. The molecule has 0 bridgehead atoms. The number of aromatic nitrogens is 1. The van der Waals surface area contributed by atoms with Crippen LogP contribution in [0.1, 0.15) is 11.1 Å². The lowest BCUT2D eigenvalue weighted by atomic mass is 9.96. The monoisotopic (exact) mass is 366 g/mol. The lowest BCUT2D eigenvalue weighted by molar-refractivity contribution is -0.384. The van der Waals surface area contributed by atoms with Crippen molar-refractivity contribution in [2.45, 2.75) is 0 Å². The summed E-state index contributed by atoms with van der Waals surface area (Å²) in [5, 5.41) is 11.3. The fraction of sp³-hybridized carbons (Fsp3) is 0.0526. The van der Waals surface area contributed by atoms with Crippen molar-refractivity contribution >= 4 is 39.7 Å². The number of carbonyl (C=O) groups is 2. The predicted molar refractivity (Wildman–Crippen MR) is 93.9 cm³/mol. The van der Waals surface area contributed by atoms with Gasteiger partial charge in [0.2, 0.25) is 0 Å². The summed E-state index contributed by atoms with van der Waals surface area (Å²) in [4.78, 5) is 34.9. The molecular weight excluding hydrogens is 355 g/mol. The maximum atomic E-state index is 13.8. The topological polar surface area (TPSA) is 91.4 Å². The Balaban J connectivity index is 1.98. The van der Waals surface area contributed by atoms with Crippen LogP contribution in [0.3, 0.4) is 0 Å². The quantitative estimate of drug-likeness (QED) is 0.307. The van der Waals surface area contributed by atoms with Crippen molar-refractivity contribution in [1.82, 2.24) is 4.57 Å². The summed E-state index contributed by atoms with van der Waals surface area (Å²) >= 11 is 0. The van der Waals surface area contributed by atoms with Gasteiger partial charge in [0, 0.05) is 41.8 Å². The first kappa shape index (κ1) is 16.6. The molecule has 0 saturated carbocycles. The van der Waals surface area contributed by atoms with Gasteiger partial charge in [0.05, 0.1) is 16.1 Å². The van der Waals surface area contributed by atoms with Gasteiger partial charge in [-0.3, -0.25) is 10.1 Å². The molecule has 0 spiro atoms. The molecule has 134 valence electrons. The summed E-state index contributed by atoms with van der Waals surface area (Å²) in [5.41, 5.74) is 1.19. The maximum Gasteiger partial charge on any atom is 0.347 e. The largest absolute Gasteiger partial charge is 0.386 e. The summed E-state index contributed by atoms with van der Waals surface area (Å²) in [7, 11) is 1.73. The highest BCUT2D eigenvalue weighted by Crippen LogP contribution is 2.38. The first-order valence-corrected chi connectivity index (χ1v) is 7.87. The van der Waals surface area contributed by atoms with Crippen LogP contribution in [-0.4, -0.2) is 21.4 Å². The number of aryl methyl sites for hydroxylation is 1. The SMILES string of the molecule is Cn1cc(C2=C(c3ccc([N+](=O)[O-])cc3)C(=O)OC2=O)c2cc(F)ccc21. The fourth-order valence-corrected chi connectivity index (χ4v) is 3.21.